The second kappa shape index (κ2) is 10.00. The zero-order chi connectivity index (χ0) is 26.3. The first-order valence-electron chi connectivity index (χ1n) is 13.0. The van der Waals surface area contributed by atoms with Crippen molar-refractivity contribution in [2.75, 3.05) is 23.0 Å². The van der Waals surface area contributed by atoms with Gasteiger partial charge in [0.15, 0.2) is 0 Å². The maximum atomic E-state index is 13.1. The number of hydrogen-bond acceptors (Lipinski definition) is 6. The van der Waals surface area contributed by atoms with Crippen molar-refractivity contribution in [3.8, 4) is 11.5 Å². The number of carbonyl (C=O) groups excluding carboxylic acids is 4. The fourth-order valence-corrected chi connectivity index (χ4v) is 5.82. The van der Waals surface area contributed by atoms with Gasteiger partial charge in [-0.1, -0.05) is 19.1 Å². The molecule has 8 nitrogen and oxygen atoms in total. The smallest absolute Gasteiger partial charge is 0.316 e. The molecule has 0 unspecified atom stereocenters. The average Bonchev–Trinajstić information content (AvgIpc) is 3.37. The van der Waals surface area contributed by atoms with E-state index in [1.807, 2.05) is 19.1 Å². The Kier molecular flexibility index (Phi) is 6.75. The Morgan fingerprint density at radius 3 is 2.51 bits per heavy atom. The standard InChI is InChI=1S/C29H32N2O6/c1-4-36-25-8-6-5-7-24(25)30-16-19(15-26(30)32)29(35)37-20-10-12-23(18(3)14-20)31-27(33)21-11-9-17(2)13-22(21)28(31)34/h5-8,10,12,14,17,19,21-22H,4,9,11,13,15-16H2,1-3H3/t17-,19-,21-,22-/m1/s1. The number of benzene rings is 2. The number of ether oxygens (including phenoxy) is 2. The van der Waals surface area contributed by atoms with Crippen LogP contribution in [0.1, 0.15) is 45.1 Å². The monoisotopic (exact) mass is 504 g/mol. The molecule has 0 bridgehead atoms. The van der Waals surface area contributed by atoms with Crippen LogP contribution in [0, 0.1) is 30.6 Å². The Bertz CT molecular complexity index is 1260. The molecule has 0 aromatic heterocycles. The molecular formula is C29H32N2O6. The van der Waals surface area contributed by atoms with Crippen LogP contribution in [0.15, 0.2) is 42.5 Å². The fourth-order valence-electron chi connectivity index (χ4n) is 5.82. The molecule has 3 aliphatic rings. The van der Waals surface area contributed by atoms with Crippen molar-refractivity contribution >= 4 is 35.1 Å². The lowest BCUT2D eigenvalue weighted by molar-refractivity contribution is -0.139. The van der Waals surface area contributed by atoms with Crippen molar-refractivity contribution in [2.24, 2.45) is 23.7 Å². The molecule has 1 aliphatic carbocycles. The minimum absolute atomic E-state index is 0.0499. The second-order valence-electron chi connectivity index (χ2n) is 10.3. The number of fused-ring (bicyclic) bond motifs is 1. The van der Waals surface area contributed by atoms with Gasteiger partial charge in [0.2, 0.25) is 17.7 Å². The van der Waals surface area contributed by atoms with E-state index >= 15 is 0 Å². The normalized spacial score (nSPS) is 25.4. The van der Waals surface area contributed by atoms with E-state index in [0.717, 1.165) is 19.3 Å². The summed E-state index contributed by atoms with van der Waals surface area (Å²) in [4.78, 5) is 54.7. The summed E-state index contributed by atoms with van der Waals surface area (Å²) in [7, 11) is 0. The molecule has 194 valence electrons. The summed E-state index contributed by atoms with van der Waals surface area (Å²) in [6, 6.07) is 12.2. The highest BCUT2D eigenvalue weighted by Crippen LogP contribution is 2.43. The van der Waals surface area contributed by atoms with Crippen molar-refractivity contribution in [3.63, 3.8) is 0 Å². The molecule has 37 heavy (non-hydrogen) atoms. The molecule has 8 heteroatoms. The Hall–Kier alpha value is -3.68. The van der Waals surface area contributed by atoms with Crippen LogP contribution in [0.4, 0.5) is 11.4 Å². The highest BCUT2D eigenvalue weighted by molar-refractivity contribution is 6.22. The van der Waals surface area contributed by atoms with Crippen LogP contribution in [-0.2, 0) is 19.2 Å². The van der Waals surface area contributed by atoms with Gasteiger partial charge in [0.05, 0.1) is 35.7 Å². The first-order chi connectivity index (χ1) is 17.8. The molecule has 0 N–H and O–H groups in total. The van der Waals surface area contributed by atoms with Crippen LogP contribution < -0.4 is 19.3 Å². The lowest BCUT2D eigenvalue weighted by Crippen LogP contribution is -2.31. The molecule has 0 radical (unpaired) electrons. The fraction of sp³-hybridized carbons (Fsp3) is 0.448. The van der Waals surface area contributed by atoms with Crippen LogP contribution in [0.5, 0.6) is 11.5 Å². The van der Waals surface area contributed by atoms with E-state index in [1.165, 1.54) is 4.90 Å². The third kappa shape index (κ3) is 4.61. The summed E-state index contributed by atoms with van der Waals surface area (Å²) in [5.74, 6) is -0.678. The van der Waals surface area contributed by atoms with Crippen molar-refractivity contribution < 1.29 is 28.7 Å². The Labute approximate surface area is 216 Å². The summed E-state index contributed by atoms with van der Waals surface area (Å²) in [6.45, 7) is 6.47. The molecule has 4 atom stereocenters. The summed E-state index contributed by atoms with van der Waals surface area (Å²) in [5.41, 5.74) is 1.85. The maximum Gasteiger partial charge on any atom is 0.316 e. The number of nitrogens with zero attached hydrogens (tertiary/aromatic N) is 2. The molecule has 3 fully saturated rings. The molecule has 0 spiro atoms. The van der Waals surface area contributed by atoms with Gasteiger partial charge in [-0.05, 0) is 74.9 Å². The van der Waals surface area contributed by atoms with Crippen molar-refractivity contribution in [1.82, 2.24) is 0 Å². The predicted molar refractivity (Wildman–Crippen MR) is 137 cm³/mol. The maximum absolute atomic E-state index is 13.1. The van der Waals surface area contributed by atoms with Crippen LogP contribution >= 0.6 is 0 Å². The molecule has 2 aliphatic heterocycles. The van der Waals surface area contributed by atoms with Gasteiger partial charge in [-0.3, -0.25) is 19.2 Å². The SMILES string of the molecule is CCOc1ccccc1N1C[C@H](C(=O)Oc2ccc(N3C(=O)[C@@H]4CC[C@@H](C)C[C@H]4C3=O)c(C)c2)CC1=O. The summed E-state index contributed by atoms with van der Waals surface area (Å²) in [5, 5.41) is 0. The molecule has 2 aromatic carbocycles. The molecule has 2 aromatic rings. The lowest BCUT2D eigenvalue weighted by Gasteiger charge is -2.25. The first kappa shape index (κ1) is 25.0. The number of amides is 3. The van der Waals surface area contributed by atoms with E-state index in [-0.39, 0.29) is 42.5 Å². The van der Waals surface area contributed by atoms with E-state index in [0.29, 0.717) is 41.0 Å². The number of para-hydroxylation sites is 2. The van der Waals surface area contributed by atoms with E-state index in [1.54, 1.807) is 42.2 Å². The summed E-state index contributed by atoms with van der Waals surface area (Å²) in [6.07, 6.45) is 2.50. The van der Waals surface area contributed by atoms with E-state index < -0.39 is 11.9 Å². The Morgan fingerprint density at radius 1 is 1.00 bits per heavy atom. The van der Waals surface area contributed by atoms with Crippen molar-refractivity contribution in [3.05, 3.63) is 48.0 Å². The molecule has 2 saturated heterocycles. The highest BCUT2D eigenvalue weighted by Gasteiger charge is 2.50. The molecule has 1 saturated carbocycles. The van der Waals surface area contributed by atoms with E-state index in [4.69, 9.17) is 9.47 Å². The number of aryl methyl sites for hydroxylation is 1. The van der Waals surface area contributed by atoms with Gasteiger partial charge in [-0.15, -0.1) is 0 Å². The van der Waals surface area contributed by atoms with Crippen LogP contribution in [-0.4, -0.2) is 36.8 Å². The summed E-state index contributed by atoms with van der Waals surface area (Å²) < 4.78 is 11.3. The van der Waals surface area contributed by atoms with E-state index in [2.05, 4.69) is 6.92 Å². The molecular weight excluding hydrogens is 472 g/mol. The number of esters is 1. The van der Waals surface area contributed by atoms with Gasteiger partial charge in [-0.2, -0.15) is 0 Å². The summed E-state index contributed by atoms with van der Waals surface area (Å²) >= 11 is 0. The predicted octanol–water partition coefficient (Wildman–Crippen LogP) is 4.28. The quantitative estimate of drug-likeness (QED) is 0.331. The first-order valence-corrected chi connectivity index (χ1v) is 13.0. The largest absolute Gasteiger partial charge is 0.492 e. The van der Waals surface area contributed by atoms with Crippen LogP contribution in [0.25, 0.3) is 0 Å². The number of hydrogen-bond donors (Lipinski definition) is 0. The third-order valence-corrected chi connectivity index (χ3v) is 7.73. The second-order valence-corrected chi connectivity index (χ2v) is 10.3. The topological polar surface area (TPSA) is 93.2 Å². The highest BCUT2D eigenvalue weighted by atomic mass is 16.5. The minimum atomic E-state index is -0.617. The van der Waals surface area contributed by atoms with Gasteiger partial charge < -0.3 is 14.4 Å². The third-order valence-electron chi connectivity index (χ3n) is 7.73. The number of anilines is 2. The zero-order valence-electron chi connectivity index (χ0n) is 21.4. The van der Waals surface area contributed by atoms with Gasteiger partial charge in [-0.25, -0.2) is 4.90 Å². The number of imide groups is 1. The molecule has 2 heterocycles. The molecule has 5 rings (SSSR count). The Balaban J connectivity index is 1.28. The van der Waals surface area contributed by atoms with Crippen LogP contribution in [0.3, 0.4) is 0 Å². The number of rotatable bonds is 6. The van der Waals surface area contributed by atoms with E-state index in [9.17, 15) is 19.2 Å². The van der Waals surface area contributed by atoms with Crippen molar-refractivity contribution in [1.29, 1.82) is 0 Å². The van der Waals surface area contributed by atoms with Crippen LogP contribution in [0.2, 0.25) is 0 Å². The van der Waals surface area contributed by atoms with Gasteiger partial charge in [0.1, 0.15) is 11.5 Å². The van der Waals surface area contributed by atoms with Crippen molar-refractivity contribution in [2.45, 2.75) is 46.5 Å². The molecule has 3 amide bonds. The number of carbonyl (C=O) groups is 4. The van der Waals surface area contributed by atoms with Gasteiger partial charge in [0, 0.05) is 13.0 Å². The minimum Gasteiger partial charge on any atom is -0.492 e. The average molecular weight is 505 g/mol. The lowest BCUT2D eigenvalue weighted by atomic mass is 9.76. The zero-order valence-corrected chi connectivity index (χ0v) is 21.4. The van der Waals surface area contributed by atoms with Gasteiger partial charge in [0.25, 0.3) is 0 Å². The van der Waals surface area contributed by atoms with Gasteiger partial charge >= 0.3 is 5.97 Å². The Morgan fingerprint density at radius 2 is 1.76 bits per heavy atom.